The van der Waals surface area contributed by atoms with Crippen molar-refractivity contribution in [1.29, 1.82) is 0 Å². The molecule has 1 N–H and O–H groups in total. The van der Waals surface area contributed by atoms with Gasteiger partial charge < -0.3 is 10.1 Å². The van der Waals surface area contributed by atoms with E-state index in [0.29, 0.717) is 6.54 Å². The zero-order chi connectivity index (χ0) is 12.8. The van der Waals surface area contributed by atoms with Gasteiger partial charge in [-0.2, -0.15) is 0 Å². The monoisotopic (exact) mass is 262 g/mol. The van der Waals surface area contributed by atoms with Gasteiger partial charge in [0.2, 0.25) is 0 Å². The van der Waals surface area contributed by atoms with Crippen LogP contribution in [0.15, 0.2) is 35.2 Å². The normalized spacial score (nSPS) is 10.1. The molecule has 0 atom stereocenters. The van der Waals surface area contributed by atoms with E-state index in [1.807, 2.05) is 36.6 Å². The Morgan fingerprint density at radius 3 is 3.00 bits per heavy atom. The van der Waals surface area contributed by atoms with E-state index in [-0.39, 0.29) is 12.5 Å². The van der Waals surface area contributed by atoms with Gasteiger partial charge in [-0.1, -0.05) is 18.2 Å². The number of rotatable bonds is 5. The van der Waals surface area contributed by atoms with E-state index in [1.165, 1.54) is 11.3 Å². The number of hydrogen-bond acceptors (Lipinski definition) is 4. The number of amides is 1. The molecule has 1 aromatic carbocycles. The largest absolute Gasteiger partial charge is 0.484 e. The summed E-state index contributed by atoms with van der Waals surface area (Å²) in [6.07, 6.45) is 0. The van der Waals surface area contributed by atoms with Crippen molar-refractivity contribution in [3.8, 4) is 5.75 Å². The molecule has 18 heavy (non-hydrogen) atoms. The number of carbonyl (C=O) groups excluding carboxylic acids is 1. The topological polar surface area (TPSA) is 51.2 Å². The Morgan fingerprint density at radius 1 is 1.44 bits per heavy atom. The van der Waals surface area contributed by atoms with E-state index in [4.69, 9.17) is 4.74 Å². The SMILES string of the molecule is Cc1ccccc1OCC(=O)NCc1cscn1. The van der Waals surface area contributed by atoms with Crippen LogP contribution in [-0.2, 0) is 11.3 Å². The number of thiazole rings is 1. The molecule has 0 fully saturated rings. The molecule has 1 heterocycles. The fourth-order valence-electron chi connectivity index (χ4n) is 1.43. The predicted octanol–water partition coefficient (Wildman–Crippen LogP) is 2.15. The molecular weight excluding hydrogens is 248 g/mol. The second-order valence-corrected chi connectivity index (χ2v) is 4.53. The van der Waals surface area contributed by atoms with Crippen molar-refractivity contribution in [3.63, 3.8) is 0 Å². The summed E-state index contributed by atoms with van der Waals surface area (Å²) in [6.45, 7) is 2.41. The van der Waals surface area contributed by atoms with Gasteiger partial charge in [-0.05, 0) is 18.6 Å². The van der Waals surface area contributed by atoms with Crippen molar-refractivity contribution in [3.05, 3.63) is 46.4 Å². The maximum atomic E-state index is 11.6. The van der Waals surface area contributed by atoms with Crippen molar-refractivity contribution in [2.75, 3.05) is 6.61 Å². The summed E-state index contributed by atoms with van der Waals surface area (Å²) >= 11 is 1.51. The van der Waals surface area contributed by atoms with Crippen molar-refractivity contribution < 1.29 is 9.53 Å². The number of aromatic nitrogens is 1. The molecule has 0 aliphatic carbocycles. The van der Waals surface area contributed by atoms with Crippen LogP contribution in [-0.4, -0.2) is 17.5 Å². The highest BCUT2D eigenvalue weighted by molar-refractivity contribution is 7.07. The number of para-hydroxylation sites is 1. The number of aryl methyl sites for hydroxylation is 1. The molecular formula is C13H14N2O2S. The van der Waals surface area contributed by atoms with Crippen LogP contribution < -0.4 is 10.1 Å². The van der Waals surface area contributed by atoms with Crippen LogP contribution in [0.5, 0.6) is 5.75 Å². The third-order valence-corrected chi connectivity index (χ3v) is 3.04. The molecule has 5 heteroatoms. The molecule has 0 radical (unpaired) electrons. The second kappa shape index (κ2) is 6.16. The first kappa shape index (κ1) is 12.6. The molecule has 0 spiro atoms. The second-order valence-electron chi connectivity index (χ2n) is 3.81. The number of nitrogens with zero attached hydrogens (tertiary/aromatic N) is 1. The molecule has 2 rings (SSSR count). The minimum Gasteiger partial charge on any atom is -0.484 e. The number of ether oxygens (including phenoxy) is 1. The highest BCUT2D eigenvalue weighted by Gasteiger charge is 2.04. The quantitative estimate of drug-likeness (QED) is 0.898. The first-order valence-electron chi connectivity index (χ1n) is 5.58. The van der Waals surface area contributed by atoms with E-state index >= 15 is 0 Å². The molecule has 0 bridgehead atoms. The lowest BCUT2D eigenvalue weighted by molar-refractivity contribution is -0.123. The molecule has 4 nitrogen and oxygen atoms in total. The zero-order valence-corrected chi connectivity index (χ0v) is 10.9. The van der Waals surface area contributed by atoms with Gasteiger partial charge in [0.15, 0.2) is 6.61 Å². The van der Waals surface area contributed by atoms with E-state index in [2.05, 4.69) is 10.3 Å². The molecule has 94 valence electrons. The first-order chi connectivity index (χ1) is 8.75. The maximum Gasteiger partial charge on any atom is 0.258 e. The molecule has 0 aliphatic heterocycles. The van der Waals surface area contributed by atoms with Gasteiger partial charge in [0.05, 0.1) is 17.7 Å². The highest BCUT2D eigenvalue weighted by atomic mass is 32.1. The number of carbonyl (C=O) groups is 1. The molecule has 0 aliphatic rings. The van der Waals surface area contributed by atoms with Crippen LogP contribution in [0.3, 0.4) is 0 Å². The predicted molar refractivity (Wildman–Crippen MR) is 70.6 cm³/mol. The Kier molecular flexibility index (Phi) is 4.30. The summed E-state index contributed by atoms with van der Waals surface area (Å²) in [7, 11) is 0. The van der Waals surface area contributed by atoms with E-state index in [1.54, 1.807) is 5.51 Å². The Labute approximate surface area is 110 Å². The molecule has 0 saturated carbocycles. The summed E-state index contributed by atoms with van der Waals surface area (Å²) in [6, 6.07) is 7.62. The van der Waals surface area contributed by atoms with Crippen LogP contribution in [0.2, 0.25) is 0 Å². The zero-order valence-electron chi connectivity index (χ0n) is 10.1. The molecule has 1 amide bonds. The molecule has 2 aromatic rings. The maximum absolute atomic E-state index is 11.6. The smallest absolute Gasteiger partial charge is 0.258 e. The van der Waals surface area contributed by atoms with Gasteiger partial charge in [-0.3, -0.25) is 4.79 Å². The lowest BCUT2D eigenvalue weighted by atomic mass is 10.2. The van der Waals surface area contributed by atoms with Crippen molar-refractivity contribution >= 4 is 17.2 Å². The van der Waals surface area contributed by atoms with Crippen LogP contribution in [0.25, 0.3) is 0 Å². The third-order valence-electron chi connectivity index (χ3n) is 2.40. The van der Waals surface area contributed by atoms with Gasteiger partial charge in [0.1, 0.15) is 5.75 Å². The van der Waals surface area contributed by atoms with E-state index < -0.39 is 0 Å². The molecule has 1 aromatic heterocycles. The van der Waals surface area contributed by atoms with Gasteiger partial charge >= 0.3 is 0 Å². The minimum atomic E-state index is -0.147. The average Bonchev–Trinajstić information content (AvgIpc) is 2.88. The summed E-state index contributed by atoms with van der Waals surface area (Å²) in [5.41, 5.74) is 3.62. The van der Waals surface area contributed by atoms with Crippen molar-refractivity contribution in [2.45, 2.75) is 13.5 Å². The Balaban J connectivity index is 1.77. The van der Waals surface area contributed by atoms with Crippen LogP contribution in [0.1, 0.15) is 11.3 Å². The van der Waals surface area contributed by atoms with Crippen molar-refractivity contribution in [1.82, 2.24) is 10.3 Å². The van der Waals surface area contributed by atoms with Crippen molar-refractivity contribution in [2.24, 2.45) is 0 Å². The van der Waals surface area contributed by atoms with E-state index in [0.717, 1.165) is 17.0 Å². The third kappa shape index (κ3) is 3.56. The number of benzene rings is 1. The van der Waals surface area contributed by atoms with Crippen LogP contribution >= 0.6 is 11.3 Å². The Hall–Kier alpha value is -1.88. The fourth-order valence-corrected chi connectivity index (χ4v) is 1.99. The number of nitrogens with one attached hydrogen (secondary N) is 1. The lowest BCUT2D eigenvalue weighted by Crippen LogP contribution is -2.28. The van der Waals surface area contributed by atoms with E-state index in [9.17, 15) is 4.79 Å². The minimum absolute atomic E-state index is 0.0228. The van der Waals surface area contributed by atoms with Gasteiger partial charge in [0, 0.05) is 5.38 Å². The summed E-state index contributed by atoms with van der Waals surface area (Å²) in [5.74, 6) is 0.590. The summed E-state index contributed by atoms with van der Waals surface area (Å²) in [4.78, 5) is 15.6. The highest BCUT2D eigenvalue weighted by Crippen LogP contribution is 2.15. The van der Waals surface area contributed by atoms with Gasteiger partial charge in [0.25, 0.3) is 5.91 Å². The molecule has 0 unspecified atom stereocenters. The lowest BCUT2D eigenvalue weighted by Gasteiger charge is -2.08. The molecule has 0 saturated heterocycles. The fraction of sp³-hybridized carbons (Fsp3) is 0.231. The first-order valence-corrected chi connectivity index (χ1v) is 6.52. The number of hydrogen-bond donors (Lipinski definition) is 1. The Morgan fingerprint density at radius 2 is 2.28 bits per heavy atom. The van der Waals surface area contributed by atoms with Crippen LogP contribution in [0, 0.1) is 6.92 Å². The summed E-state index contributed by atoms with van der Waals surface area (Å²) < 4.78 is 5.44. The van der Waals surface area contributed by atoms with Gasteiger partial charge in [-0.15, -0.1) is 11.3 Å². The Bertz CT molecular complexity index is 511. The average molecular weight is 262 g/mol. The summed E-state index contributed by atoms with van der Waals surface area (Å²) in [5, 5.41) is 4.66. The van der Waals surface area contributed by atoms with Crippen LogP contribution in [0.4, 0.5) is 0 Å². The van der Waals surface area contributed by atoms with Gasteiger partial charge in [-0.25, -0.2) is 4.98 Å². The standard InChI is InChI=1S/C13H14N2O2S/c1-10-4-2-3-5-12(10)17-7-13(16)14-6-11-8-18-9-15-11/h2-5,8-9H,6-7H2,1H3,(H,14,16).